The molecule has 1 unspecified atom stereocenters. The van der Waals surface area contributed by atoms with Crippen molar-refractivity contribution in [2.75, 3.05) is 25.0 Å². The molecule has 2 heterocycles. The van der Waals surface area contributed by atoms with Crippen LogP contribution in [0.15, 0.2) is 18.6 Å². The van der Waals surface area contributed by atoms with Gasteiger partial charge >= 0.3 is 0 Å². The van der Waals surface area contributed by atoms with Gasteiger partial charge < -0.3 is 9.80 Å². The minimum Gasteiger partial charge on any atom is -0.355 e. The van der Waals surface area contributed by atoms with E-state index in [2.05, 4.69) is 26.8 Å². The summed E-state index contributed by atoms with van der Waals surface area (Å²) in [7, 11) is 2.09. The zero-order valence-corrected chi connectivity index (χ0v) is 15.8. The van der Waals surface area contributed by atoms with Crippen molar-refractivity contribution in [3.05, 3.63) is 18.6 Å². The second-order valence-electron chi connectivity index (χ2n) is 9.22. The molecule has 1 saturated heterocycles. The van der Waals surface area contributed by atoms with Crippen LogP contribution >= 0.6 is 0 Å². The lowest BCUT2D eigenvalue weighted by atomic mass is 9.54. The predicted molar refractivity (Wildman–Crippen MR) is 101 cm³/mol. The molecule has 4 bridgehead atoms. The highest BCUT2D eigenvalue weighted by molar-refractivity contribution is 5.80. The van der Waals surface area contributed by atoms with Crippen LogP contribution in [-0.2, 0) is 4.79 Å². The first-order chi connectivity index (χ1) is 12.7. The summed E-state index contributed by atoms with van der Waals surface area (Å²) in [5.41, 5.74) is 0. The van der Waals surface area contributed by atoms with Gasteiger partial charge in [-0.2, -0.15) is 0 Å². The highest BCUT2D eigenvalue weighted by Gasteiger charge is 2.50. The first-order valence-corrected chi connectivity index (χ1v) is 10.5. The summed E-state index contributed by atoms with van der Waals surface area (Å²) in [6.45, 7) is 1.76. The smallest absolute Gasteiger partial charge is 0.227 e. The number of rotatable bonds is 3. The second-order valence-corrected chi connectivity index (χ2v) is 9.22. The molecular weight excluding hydrogens is 324 g/mol. The summed E-state index contributed by atoms with van der Waals surface area (Å²) < 4.78 is 0. The first-order valence-electron chi connectivity index (χ1n) is 10.5. The molecule has 26 heavy (non-hydrogen) atoms. The predicted octanol–water partition coefficient (Wildman–Crippen LogP) is 2.98. The molecule has 5 aliphatic rings. The van der Waals surface area contributed by atoms with E-state index in [-0.39, 0.29) is 5.92 Å². The average Bonchev–Trinajstić information content (AvgIpc) is 2.67. The van der Waals surface area contributed by atoms with Crippen LogP contribution in [0, 0.1) is 29.6 Å². The van der Waals surface area contributed by atoms with Crippen LogP contribution in [0.4, 0.5) is 5.82 Å². The number of nitrogens with zero attached hydrogens (tertiary/aromatic N) is 4. The maximum atomic E-state index is 13.4. The molecule has 5 nitrogen and oxygen atoms in total. The molecule has 1 aliphatic heterocycles. The number of piperidine rings is 1. The van der Waals surface area contributed by atoms with Crippen LogP contribution in [0.1, 0.15) is 44.9 Å². The molecule has 1 atom stereocenters. The Bertz CT molecular complexity index is 635. The summed E-state index contributed by atoms with van der Waals surface area (Å²) in [5, 5.41) is 0. The van der Waals surface area contributed by atoms with E-state index in [4.69, 9.17) is 0 Å². The van der Waals surface area contributed by atoms with E-state index >= 15 is 0 Å². The molecule has 5 heteroatoms. The Labute approximate surface area is 156 Å². The van der Waals surface area contributed by atoms with E-state index in [9.17, 15) is 4.79 Å². The minimum absolute atomic E-state index is 0.105. The first kappa shape index (κ1) is 16.5. The van der Waals surface area contributed by atoms with Gasteiger partial charge in [0.05, 0.1) is 12.1 Å². The summed E-state index contributed by atoms with van der Waals surface area (Å²) in [6.07, 6.45) is 14.3. The van der Waals surface area contributed by atoms with Crippen LogP contribution in [0.5, 0.6) is 0 Å². The zero-order valence-electron chi connectivity index (χ0n) is 15.8. The molecule has 1 amide bonds. The normalized spacial score (nSPS) is 38.4. The quantitative estimate of drug-likeness (QED) is 0.837. The van der Waals surface area contributed by atoms with Gasteiger partial charge in [0.15, 0.2) is 0 Å². The topological polar surface area (TPSA) is 49.3 Å². The number of carbonyl (C=O) groups is 1. The van der Waals surface area contributed by atoms with Gasteiger partial charge in [-0.3, -0.25) is 9.78 Å². The van der Waals surface area contributed by atoms with E-state index in [1.807, 2.05) is 6.20 Å². The number of amides is 1. The largest absolute Gasteiger partial charge is 0.355 e. The Hall–Kier alpha value is -1.65. The van der Waals surface area contributed by atoms with Gasteiger partial charge in [0.25, 0.3) is 0 Å². The summed E-state index contributed by atoms with van der Waals surface area (Å²) >= 11 is 0. The van der Waals surface area contributed by atoms with Crippen molar-refractivity contribution in [3.8, 4) is 0 Å². The molecule has 4 aliphatic carbocycles. The molecule has 4 saturated carbocycles. The molecule has 6 rings (SSSR count). The Morgan fingerprint density at radius 1 is 1.12 bits per heavy atom. The SMILES string of the molecule is CN(C(=O)C1CCCN(c2cnccn2)C1)C1C2CC3CC(C2)CC1C3. The van der Waals surface area contributed by atoms with Gasteiger partial charge in [-0.1, -0.05) is 0 Å². The van der Waals surface area contributed by atoms with E-state index in [0.717, 1.165) is 55.4 Å². The number of hydrogen-bond donors (Lipinski definition) is 0. The standard InChI is InChI=1S/C21H30N4O/c1-24(20-17-8-14-7-15(10-17)11-18(20)9-14)21(26)16-3-2-6-25(13-16)19-12-22-4-5-23-19/h4-5,12,14-18,20H,2-3,6-11,13H2,1H3. The fourth-order valence-corrected chi connectivity index (χ4v) is 6.81. The highest BCUT2D eigenvalue weighted by Crippen LogP contribution is 2.55. The van der Waals surface area contributed by atoms with Crippen molar-refractivity contribution in [2.24, 2.45) is 29.6 Å². The number of anilines is 1. The van der Waals surface area contributed by atoms with Gasteiger partial charge in [0.2, 0.25) is 5.91 Å². The average molecular weight is 354 g/mol. The Morgan fingerprint density at radius 3 is 2.50 bits per heavy atom. The summed E-state index contributed by atoms with van der Waals surface area (Å²) in [4.78, 5) is 26.4. The van der Waals surface area contributed by atoms with Crippen LogP contribution in [0.25, 0.3) is 0 Å². The van der Waals surface area contributed by atoms with Gasteiger partial charge in [0, 0.05) is 38.6 Å². The third kappa shape index (κ3) is 2.80. The van der Waals surface area contributed by atoms with Gasteiger partial charge in [-0.05, 0) is 68.6 Å². The third-order valence-electron chi connectivity index (χ3n) is 7.62. The van der Waals surface area contributed by atoms with Gasteiger partial charge in [0.1, 0.15) is 5.82 Å². The lowest BCUT2D eigenvalue weighted by Crippen LogP contribution is -2.58. The van der Waals surface area contributed by atoms with Gasteiger partial charge in [-0.15, -0.1) is 0 Å². The molecule has 0 spiro atoms. The second kappa shape index (κ2) is 6.50. The zero-order chi connectivity index (χ0) is 17.7. The van der Waals surface area contributed by atoms with E-state index < -0.39 is 0 Å². The van der Waals surface area contributed by atoms with Gasteiger partial charge in [-0.25, -0.2) is 4.98 Å². The van der Waals surface area contributed by atoms with E-state index in [0.29, 0.717) is 11.9 Å². The molecular formula is C21H30N4O. The minimum atomic E-state index is 0.105. The van der Waals surface area contributed by atoms with Crippen molar-refractivity contribution in [3.63, 3.8) is 0 Å². The molecule has 0 radical (unpaired) electrons. The maximum absolute atomic E-state index is 13.4. The van der Waals surface area contributed by atoms with E-state index in [1.165, 1.54) is 32.1 Å². The van der Waals surface area contributed by atoms with Crippen molar-refractivity contribution in [2.45, 2.75) is 51.0 Å². The molecule has 1 aromatic heterocycles. The third-order valence-corrected chi connectivity index (χ3v) is 7.62. The Kier molecular flexibility index (Phi) is 4.13. The summed E-state index contributed by atoms with van der Waals surface area (Å²) in [6, 6.07) is 0.502. The fraction of sp³-hybridized carbons (Fsp3) is 0.762. The molecule has 1 aromatic rings. The number of carbonyl (C=O) groups excluding carboxylic acids is 1. The highest BCUT2D eigenvalue weighted by atomic mass is 16.2. The van der Waals surface area contributed by atoms with Crippen molar-refractivity contribution >= 4 is 11.7 Å². The molecule has 0 N–H and O–H groups in total. The molecule has 0 aromatic carbocycles. The maximum Gasteiger partial charge on any atom is 0.227 e. The van der Waals surface area contributed by atoms with Crippen LogP contribution < -0.4 is 4.90 Å². The van der Waals surface area contributed by atoms with E-state index in [1.54, 1.807) is 12.4 Å². The van der Waals surface area contributed by atoms with Crippen molar-refractivity contribution in [1.82, 2.24) is 14.9 Å². The van der Waals surface area contributed by atoms with Crippen molar-refractivity contribution < 1.29 is 4.79 Å². The lowest BCUT2D eigenvalue weighted by molar-refractivity contribution is -0.145. The Morgan fingerprint density at radius 2 is 1.85 bits per heavy atom. The number of hydrogen-bond acceptors (Lipinski definition) is 4. The molecule has 5 fully saturated rings. The fourth-order valence-electron chi connectivity index (χ4n) is 6.81. The lowest BCUT2D eigenvalue weighted by Gasteiger charge is -2.57. The van der Waals surface area contributed by atoms with Crippen molar-refractivity contribution in [1.29, 1.82) is 0 Å². The molecule has 140 valence electrons. The number of aromatic nitrogens is 2. The Balaban J connectivity index is 1.28. The monoisotopic (exact) mass is 354 g/mol. The van der Waals surface area contributed by atoms with Crippen LogP contribution in [-0.4, -0.2) is 47.0 Å². The van der Waals surface area contributed by atoms with Crippen LogP contribution in [0.2, 0.25) is 0 Å². The van der Waals surface area contributed by atoms with Crippen LogP contribution in [0.3, 0.4) is 0 Å². The summed E-state index contributed by atoms with van der Waals surface area (Å²) in [5.74, 6) is 4.82.